The molecule has 0 aliphatic heterocycles. The quantitative estimate of drug-likeness (QED) is 0.334. The van der Waals surface area contributed by atoms with Crippen molar-refractivity contribution in [3.8, 4) is 0 Å². The zero-order chi connectivity index (χ0) is 16.8. The van der Waals surface area contributed by atoms with Crippen molar-refractivity contribution in [2.75, 3.05) is 0 Å². The Morgan fingerprint density at radius 2 is 1.91 bits per heavy atom. The van der Waals surface area contributed by atoms with Gasteiger partial charge in [-0.25, -0.2) is 0 Å². The minimum Gasteiger partial charge on any atom is -0.461 e. The van der Waals surface area contributed by atoms with E-state index in [1.54, 1.807) is 18.2 Å². The van der Waals surface area contributed by atoms with Gasteiger partial charge >= 0.3 is 5.97 Å². The number of esters is 1. The Morgan fingerprint density at radius 3 is 2.57 bits per heavy atom. The summed E-state index contributed by atoms with van der Waals surface area (Å²) in [6.45, 7) is 1.73. The van der Waals surface area contributed by atoms with Crippen molar-refractivity contribution < 1.29 is 19.2 Å². The van der Waals surface area contributed by atoms with Crippen molar-refractivity contribution in [3.05, 3.63) is 61.8 Å². The highest BCUT2D eigenvalue weighted by atomic mass is 32.1. The van der Waals surface area contributed by atoms with E-state index in [2.05, 4.69) is 0 Å². The van der Waals surface area contributed by atoms with E-state index in [0.29, 0.717) is 10.4 Å². The summed E-state index contributed by atoms with van der Waals surface area (Å²) in [6.07, 6.45) is 0.0199. The lowest BCUT2D eigenvalue weighted by Gasteiger charge is -2.05. The number of ketones is 1. The third kappa shape index (κ3) is 4.72. The molecular weight excluding hydrogens is 318 g/mol. The predicted molar refractivity (Wildman–Crippen MR) is 85.5 cm³/mol. The second-order valence-electron chi connectivity index (χ2n) is 4.88. The molecule has 1 heterocycles. The molecular formula is C16H15NO5S. The van der Waals surface area contributed by atoms with Crippen molar-refractivity contribution >= 4 is 28.8 Å². The molecule has 2 rings (SSSR count). The van der Waals surface area contributed by atoms with Crippen LogP contribution < -0.4 is 0 Å². The highest BCUT2D eigenvalue weighted by Gasteiger charge is 2.15. The highest BCUT2D eigenvalue weighted by molar-refractivity contribution is 7.14. The molecule has 2 aromatic rings. The number of rotatable bonds is 7. The summed E-state index contributed by atoms with van der Waals surface area (Å²) in [7, 11) is 0. The SMILES string of the molecule is Cc1ccc(C(=O)CCC(=O)OCc2ccccc2[N+](=O)[O-])s1. The number of para-hydroxylation sites is 1. The Kier molecular flexibility index (Phi) is 5.59. The molecule has 0 fully saturated rings. The number of nitro groups is 1. The molecule has 1 aromatic carbocycles. The van der Waals surface area contributed by atoms with Crippen molar-refractivity contribution in [2.24, 2.45) is 0 Å². The van der Waals surface area contributed by atoms with Gasteiger partial charge in [0.05, 0.1) is 21.8 Å². The highest BCUT2D eigenvalue weighted by Crippen LogP contribution is 2.20. The van der Waals surface area contributed by atoms with Gasteiger partial charge in [0.25, 0.3) is 5.69 Å². The fourth-order valence-electron chi connectivity index (χ4n) is 1.96. The molecule has 0 saturated heterocycles. The molecule has 0 N–H and O–H groups in total. The topological polar surface area (TPSA) is 86.5 Å². The second kappa shape index (κ2) is 7.64. The smallest absolute Gasteiger partial charge is 0.306 e. The van der Waals surface area contributed by atoms with E-state index in [1.165, 1.54) is 23.5 Å². The molecule has 7 heteroatoms. The molecule has 0 aliphatic rings. The van der Waals surface area contributed by atoms with Crippen LogP contribution in [0, 0.1) is 17.0 Å². The second-order valence-corrected chi connectivity index (χ2v) is 6.17. The Bertz CT molecular complexity index is 738. The van der Waals surface area contributed by atoms with Gasteiger partial charge in [-0.05, 0) is 25.1 Å². The van der Waals surface area contributed by atoms with Crippen LogP contribution in [0.2, 0.25) is 0 Å². The summed E-state index contributed by atoms with van der Waals surface area (Å²) in [4.78, 5) is 35.6. The fraction of sp³-hybridized carbons (Fsp3) is 0.250. The number of thiophene rings is 1. The molecule has 0 aliphatic carbocycles. The maximum atomic E-state index is 11.9. The molecule has 1 aromatic heterocycles. The van der Waals surface area contributed by atoms with Crippen LogP contribution in [0.3, 0.4) is 0 Å². The number of aryl methyl sites for hydroxylation is 1. The van der Waals surface area contributed by atoms with Crippen LogP contribution in [0.4, 0.5) is 5.69 Å². The van der Waals surface area contributed by atoms with E-state index in [-0.39, 0.29) is 30.9 Å². The summed E-state index contributed by atoms with van der Waals surface area (Å²) in [5, 5.41) is 10.9. The van der Waals surface area contributed by atoms with Crippen LogP contribution in [0.15, 0.2) is 36.4 Å². The number of benzene rings is 1. The minimum atomic E-state index is -0.551. The molecule has 0 radical (unpaired) electrons. The summed E-state index contributed by atoms with van der Waals surface area (Å²) >= 11 is 1.39. The number of Topliss-reactive ketones (excluding diaryl/α,β-unsaturated/α-hetero) is 1. The third-order valence-electron chi connectivity index (χ3n) is 3.15. The number of hydrogen-bond acceptors (Lipinski definition) is 6. The maximum Gasteiger partial charge on any atom is 0.306 e. The number of ether oxygens (including phenoxy) is 1. The number of hydrogen-bond donors (Lipinski definition) is 0. The van der Waals surface area contributed by atoms with E-state index in [4.69, 9.17) is 4.74 Å². The van der Waals surface area contributed by atoms with Gasteiger partial charge in [-0.2, -0.15) is 0 Å². The van der Waals surface area contributed by atoms with Gasteiger partial charge in [-0.1, -0.05) is 12.1 Å². The molecule has 0 atom stereocenters. The van der Waals surface area contributed by atoms with Gasteiger partial charge in [0.2, 0.25) is 0 Å². The Labute approximate surface area is 136 Å². The molecule has 6 nitrogen and oxygen atoms in total. The van der Waals surface area contributed by atoms with E-state index in [0.717, 1.165) is 4.88 Å². The molecule has 0 amide bonds. The number of nitro benzene ring substituents is 1. The lowest BCUT2D eigenvalue weighted by atomic mass is 10.2. The first-order valence-corrected chi connectivity index (χ1v) is 7.76. The van der Waals surface area contributed by atoms with Gasteiger partial charge in [-0.3, -0.25) is 19.7 Å². The lowest BCUT2D eigenvalue weighted by Crippen LogP contribution is -2.08. The number of carbonyl (C=O) groups excluding carboxylic acids is 2. The minimum absolute atomic E-state index is 0.0452. The summed E-state index contributed by atoms with van der Waals surface area (Å²) in [5.74, 6) is -0.657. The molecule has 0 saturated carbocycles. The van der Waals surface area contributed by atoms with Crippen LogP contribution >= 0.6 is 11.3 Å². The molecule has 0 spiro atoms. The average Bonchev–Trinajstić information content (AvgIpc) is 2.97. The first-order chi connectivity index (χ1) is 11.0. The Morgan fingerprint density at radius 1 is 1.17 bits per heavy atom. The van der Waals surface area contributed by atoms with E-state index in [9.17, 15) is 19.7 Å². The van der Waals surface area contributed by atoms with Gasteiger partial charge in [0.15, 0.2) is 5.78 Å². The molecule has 0 bridgehead atoms. The Balaban J connectivity index is 1.84. The fourth-order valence-corrected chi connectivity index (χ4v) is 2.80. The van der Waals surface area contributed by atoms with Gasteiger partial charge in [0.1, 0.15) is 6.61 Å². The van der Waals surface area contributed by atoms with Crippen molar-refractivity contribution in [1.29, 1.82) is 0 Å². The zero-order valence-corrected chi connectivity index (χ0v) is 13.3. The van der Waals surface area contributed by atoms with Gasteiger partial charge in [0, 0.05) is 17.4 Å². The van der Waals surface area contributed by atoms with Crippen LogP contribution in [-0.2, 0) is 16.1 Å². The molecule has 120 valence electrons. The van der Waals surface area contributed by atoms with E-state index < -0.39 is 10.9 Å². The summed E-state index contributed by atoms with van der Waals surface area (Å²) in [6, 6.07) is 9.66. The summed E-state index contributed by atoms with van der Waals surface area (Å²) in [5.41, 5.74) is 0.233. The third-order valence-corrected chi connectivity index (χ3v) is 4.19. The van der Waals surface area contributed by atoms with Crippen LogP contribution in [0.1, 0.15) is 33.0 Å². The first kappa shape index (κ1) is 16.8. The molecule has 0 unspecified atom stereocenters. The number of nitrogens with zero attached hydrogens (tertiary/aromatic N) is 1. The normalized spacial score (nSPS) is 10.3. The maximum absolute atomic E-state index is 11.9. The molecule has 23 heavy (non-hydrogen) atoms. The standard InChI is InChI=1S/C16H15NO5S/c1-11-6-8-15(23-11)14(18)7-9-16(19)22-10-12-4-2-3-5-13(12)17(20)21/h2-6,8H,7,9-10H2,1H3. The monoisotopic (exact) mass is 333 g/mol. The van der Waals surface area contributed by atoms with Gasteiger partial charge < -0.3 is 4.74 Å². The van der Waals surface area contributed by atoms with Gasteiger partial charge in [-0.15, -0.1) is 11.3 Å². The summed E-state index contributed by atoms with van der Waals surface area (Å²) < 4.78 is 5.02. The van der Waals surface area contributed by atoms with Crippen LogP contribution in [-0.4, -0.2) is 16.7 Å². The van der Waals surface area contributed by atoms with Crippen molar-refractivity contribution in [2.45, 2.75) is 26.4 Å². The average molecular weight is 333 g/mol. The van der Waals surface area contributed by atoms with Crippen molar-refractivity contribution in [3.63, 3.8) is 0 Å². The van der Waals surface area contributed by atoms with Crippen LogP contribution in [0.5, 0.6) is 0 Å². The van der Waals surface area contributed by atoms with E-state index in [1.807, 2.05) is 13.0 Å². The predicted octanol–water partition coefficient (Wildman–Crippen LogP) is 3.67. The van der Waals surface area contributed by atoms with Crippen LogP contribution in [0.25, 0.3) is 0 Å². The van der Waals surface area contributed by atoms with Crippen molar-refractivity contribution in [1.82, 2.24) is 0 Å². The first-order valence-electron chi connectivity index (χ1n) is 6.95. The number of carbonyl (C=O) groups is 2. The Hall–Kier alpha value is -2.54. The largest absolute Gasteiger partial charge is 0.461 e. The zero-order valence-electron chi connectivity index (χ0n) is 12.5. The lowest BCUT2D eigenvalue weighted by molar-refractivity contribution is -0.385. The van der Waals surface area contributed by atoms with E-state index >= 15 is 0 Å².